The molecule has 0 atom stereocenters. The molecule has 0 bridgehead atoms. The van der Waals surface area contributed by atoms with Crippen LogP contribution in [0.5, 0.6) is 0 Å². The van der Waals surface area contributed by atoms with Gasteiger partial charge in [0.2, 0.25) is 0 Å². The highest BCUT2D eigenvalue weighted by Crippen LogP contribution is 2.01. The van der Waals surface area contributed by atoms with Crippen LogP contribution in [-0.2, 0) is 11.3 Å². The lowest BCUT2D eigenvalue weighted by molar-refractivity contribution is 0.119. The predicted octanol–water partition coefficient (Wildman–Crippen LogP) is 3.01. The zero-order valence-electron chi connectivity index (χ0n) is 8.62. The van der Waals surface area contributed by atoms with Gasteiger partial charge in [-0.05, 0) is 18.9 Å². The number of hydrogen-bond acceptors (Lipinski definition) is 1. The summed E-state index contributed by atoms with van der Waals surface area (Å²) in [6.45, 7) is 3.37. The van der Waals surface area contributed by atoms with Crippen LogP contribution in [0.2, 0.25) is 0 Å². The maximum Gasteiger partial charge on any atom is 0.0716 e. The van der Waals surface area contributed by atoms with Gasteiger partial charge >= 0.3 is 0 Å². The van der Waals surface area contributed by atoms with Crippen molar-refractivity contribution in [3.63, 3.8) is 0 Å². The third-order valence-electron chi connectivity index (χ3n) is 1.88. The van der Waals surface area contributed by atoms with Crippen LogP contribution in [0.25, 0.3) is 0 Å². The van der Waals surface area contributed by atoms with E-state index in [1.807, 2.05) is 25.1 Å². The minimum absolute atomic E-state index is 0.709. The summed E-state index contributed by atoms with van der Waals surface area (Å²) in [6.07, 6.45) is 1.96. The molecule has 0 aliphatic heterocycles. The standard InChI is InChI=1S/C13H16O/c1-2-3-4-8-11-14-12-13-9-6-5-7-10-13/h5-7,9-10H,4,8,11-12H2,1H3. The van der Waals surface area contributed by atoms with Crippen LogP contribution in [0.4, 0.5) is 0 Å². The second kappa shape index (κ2) is 7.17. The van der Waals surface area contributed by atoms with Crippen molar-refractivity contribution in [2.24, 2.45) is 0 Å². The molecule has 0 amide bonds. The fraction of sp³-hybridized carbons (Fsp3) is 0.385. The summed E-state index contributed by atoms with van der Waals surface area (Å²) in [5.41, 5.74) is 1.23. The van der Waals surface area contributed by atoms with Crippen molar-refractivity contribution < 1.29 is 4.74 Å². The van der Waals surface area contributed by atoms with Crippen LogP contribution in [0, 0.1) is 11.8 Å². The first-order valence-corrected chi connectivity index (χ1v) is 4.95. The van der Waals surface area contributed by atoms with Gasteiger partial charge in [0.1, 0.15) is 0 Å². The molecule has 14 heavy (non-hydrogen) atoms. The third kappa shape index (κ3) is 4.69. The maximum absolute atomic E-state index is 5.50. The van der Waals surface area contributed by atoms with E-state index in [2.05, 4.69) is 24.0 Å². The SMILES string of the molecule is CC#CCCCOCc1ccccc1. The Balaban J connectivity index is 2.06. The van der Waals surface area contributed by atoms with Gasteiger partial charge in [-0.1, -0.05) is 30.3 Å². The normalized spacial score (nSPS) is 9.21. The van der Waals surface area contributed by atoms with E-state index in [0.717, 1.165) is 19.4 Å². The quantitative estimate of drug-likeness (QED) is 0.510. The van der Waals surface area contributed by atoms with Gasteiger partial charge in [0.15, 0.2) is 0 Å². The van der Waals surface area contributed by atoms with Gasteiger partial charge in [-0.15, -0.1) is 11.8 Å². The first-order chi connectivity index (χ1) is 6.93. The van der Waals surface area contributed by atoms with Gasteiger partial charge in [-0.25, -0.2) is 0 Å². The molecule has 0 saturated carbocycles. The summed E-state index contributed by atoms with van der Waals surface area (Å²) in [6, 6.07) is 10.2. The Labute approximate surface area is 86.1 Å². The average molecular weight is 188 g/mol. The Morgan fingerprint density at radius 2 is 2.00 bits per heavy atom. The Morgan fingerprint density at radius 1 is 1.21 bits per heavy atom. The smallest absolute Gasteiger partial charge is 0.0716 e. The van der Waals surface area contributed by atoms with E-state index >= 15 is 0 Å². The molecular weight excluding hydrogens is 172 g/mol. The van der Waals surface area contributed by atoms with Crippen molar-refractivity contribution in [3.8, 4) is 11.8 Å². The number of rotatable bonds is 5. The zero-order valence-corrected chi connectivity index (χ0v) is 8.62. The molecule has 1 heteroatoms. The second-order valence-electron chi connectivity index (χ2n) is 3.07. The van der Waals surface area contributed by atoms with Crippen molar-refractivity contribution in [2.75, 3.05) is 6.61 Å². The van der Waals surface area contributed by atoms with E-state index < -0.39 is 0 Å². The lowest BCUT2D eigenvalue weighted by Crippen LogP contribution is -1.94. The molecule has 0 spiro atoms. The first kappa shape index (κ1) is 10.8. The molecule has 1 aromatic carbocycles. The Bertz CT molecular complexity index is 292. The van der Waals surface area contributed by atoms with Crippen molar-refractivity contribution in [1.82, 2.24) is 0 Å². The van der Waals surface area contributed by atoms with Crippen LogP contribution >= 0.6 is 0 Å². The minimum Gasteiger partial charge on any atom is -0.377 e. The van der Waals surface area contributed by atoms with Crippen LogP contribution in [0.3, 0.4) is 0 Å². The van der Waals surface area contributed by atoms with Crippen molar-refractivity contribution in [3.05, 3.63) is 35.9 Å². The van der Waals surface area contributed by atoms with E-state index in [9.17, 15) is 0 Å². The second-order valence-corrected chi connectivity index (χ2v) is 3.07. The van der Waals surface area contributed by atoms with Crippen LogP contribution in [-0.4, -0.2) is 6.61 Å². The number of unbranched alkanes of at least 4 members (excludes halogenated alkanes) is 1. The summed E-state index contributed by atoms with van der Waals surface area (Å²) in [5, 5.41) is 0. The number of benzene rings is 1. The molecule has 0 fully saturated rings. The third-order valence-corrected chi connectivity index (χ3v) is 1.88. The summed E-state index contributed by atoms with van der Waals surface area (Å²) >= 11 is 0. The Morgan fingerprint density at radius 3 is 2.71 bits per heavy atom. The van der Waals surface area contributed by atoms with E-state index in [1.165, 1.54) is 5.56 Å². The highest BCUT2D eigenvalue weighted by Gasteiger charge is 1.90. The van der Waals surface area contributed by atoms with Crippen molar-refractivity contribution >= 4 is 0 Å². The largest absolute Gasteiger partial charge is 0.377 e. The average Bonchev–Trinajstić information content (AvgIpc) is 2.25. The molecule has 1 aromatic rings. The molecule has 0 aromatic heterocycles. The molecule has 0 aliphatic rings. The highest BCUT2D eigenvalue weighted by atomic mass is 16.5. The van der Waals surface area contributed by atoms with E-state index in [4.69, 9.17) is 4.74 Å². The van der Waals surface area contributed by atoms with Gasteiger partial charge < -0.3 is 4.74 Å². The molecular formula is C13H16O. The Hall–Kier alpha value is -1.26. The summed E-state index contributed by atoms with van der Waals surface area (Å²) in [7, 11) is 0. The van der Waals surface area contributed by atoms with Crippen LogP contribution in [0.1, 0.15) is 25.3 Å². The number of hydrogen-bond donors (Lipinski definition) is 0. The molecule has 0 N–H and O–H groups in total. The molecule has 1 rings (SSSR count). The predicted molar refractivity (Wildman–Crippen MR) is 58.8 cm³/mol. The van der Waals surface area contributed by atoms with E-state index in [0.29, 0.717) is 6.61 Å². The summed E-state index contributed by atoms with van der Waals surface area (Å²) in [5.74, 6) is 5.89. The monoisotopic (exact) mass is 188 g/mol. The lowest BCUT2D eigenvalue weighted by Gasteiger charge is -2.02. The summed E-state index contributed by atoms with van der Waals surface area (Å²) < 4.78 is 5.50. The van der Waals surface area contributed by atoms with Gasteiger partial charge in [0.25, 0.3) is 0 Å². The van der Waals surface area contributed by atoms with Crippen LogP contribution in [0.15, 0.2) is 30.3 Å². The van der Waals surface area contributed by atoms with Gasteiger partial charge in [-0.3, -0.25) is 0 Å². The van der Waals surface area contributed by atoms with E-state index in [-0.39, 0.29) is 0 Å². The molecule has 0 unspecified atom stereocenters. The van der Waals surface area contributed by atoms with Gasteiger partial charge in [0.05, 0.1) is 6.61 Å². The number of ether oxygens (including phenoxy) is 1. The fourth-order valence-electron chi connectivity index (χ4n) is 1.15. The van der Waals surface area contributed by atoms with E-state index in [1.54, 1.807) is 0 Å². The van der Waals surface area contributed by atoms with Crippen molar-refractivity contribution in [2.45, 2.75) is 26.4 Å². The maximum atomic E-state index is 5.50. The zero-order chi connectivity index (χ0) is 10.1. The Kier molecular flexibility index (Phi) is 5.54. The molecule has 0 radical (unpaired) electrons. The summed E-state index contributed by atoms with van der Waals surface area (Å²) in [4.78, 5) is 0. The highest BCUT2D eigenvalue weighted by molar-refractivity contribution is 5.13. The lowest BCUT2D eigenvalue weighted by atomic mass is 10.2. The van der Waals surface area contributed by atoms with Crippen molar-refractivity contribution in [1.29, 1.82) is 0 Å². The first-order valence-electron chi connectivity index (χ1n) is 4.95. The topological polar surface area (TPSA) is 9.23 Å². The molecule has 74 valence electrons. The van der Waals surface area contributed by atoms with Crippen LogP contribution < -0.4 is 0 Å². The molecule has 0 aliphatic carbocycles. The minimum atomic E-state index is 0.709. The molecule has 0 saturated heterocycles. The fourth-order valence-corrected chi connectivity index (χ4v) is 1.15. The van der Waals surface area contributed by atoms with Gasteiger partial charge in [-0.2, -0.15) is 0 Å². The molecule has 1 nitrogen and oxygen atoms in total. The van der Waals surface area contributed by atoms with Gasteiger partial charge in [0, 0.05) is 13.0 Å². The molecule has 0 heterocycles.